The number of aromatic nitrogens is 2. The standard InChI is InChI=1S/C18H23N3O4/c1-24-17(22)10-6-3-7-12-19-16-11-13-21(18(23)20-16)25-14-15-8-4-2-5-9-15/h2,4-5,8-9,11,13H,3,6-7,10,12,14H2,1H3,(H,19,20,23). The maximum absolute atomic E-state index is 11.9. The number of hydrogen-bond acceptors (Lipinski definition) is 6. The first kappa shape index (κ1) is 18.5. The van der Waals surface area contributed by atoms with Gasteiger partial charge in [0, 0.05) is 19.0 Å². The predicted octanol–water partition coefficient (Wildman–Crippen LogP) is 2.02. The quantitative estimate of drug-likeness (QED) is 0.524. The Labute approximate surface area is 146 Å². The lowest BCUT2D eigenvalue weighted by atomic mass is 10.2. The van der Waals surface area contributed by atoms with Crippen molar-refractivity contribution in [3.05, 3.63) is 58.6 Å². The lowest BCUT2D eigenvalue weighted by Gasteiger charge is -2.09. The van der Waals surface area contributed by atoms with E-state index in [1.807, 2.05) is 30.3 Å². The fourth-order valence-corrected chi connectivity index (χ4v) is 2.20. The minimum atomic E-state index is -0.466. The molecule has 1 N–H and O–H groups in total. The van der Waals surface area contributed by atoms with Crippen LogP contribution in [-0.4, -0.2) is 29.3 Å². The Balaban J connectivity index is 1.72. The summed E-state index contributed by atoms with van der Waals surface area (Å²) in [5.74, 6) is 0.325. The van der Waals surface area contributed by atoms with Crippen LogP contribution in [0.3, 0.4) is 0 Å². The van der Waals surface area contributed by atoms with Gasteiger partial charge in [-0.2, -0.15) is 4.98 Å². The summed E-state index contributed by atoms with van der Waals surface area (Å²) in [4.78, 5) is 32.3. The molecular formula is C18H23N3O4. The van der Waals surface area contributed by atoms with Crippen molar-refractivity contribution in [3.63, 3.8) is 0 Å². The maximum atomic E-state index is 11.9. The van der Waals surface area contributed by atoms with Crippen LogP contribution in [0, 0.1) is 0 Å². The summed E-state index contributed by atoms with van der Waals surface area (Å²) in [6, 6.07) is 11.3. The molecule has 2 rings (SSSR count). The summed E-state index contributed by atoms with van der Waals surface area (Å²) < 4.78 is 5.70. The molecule has 0 saturated carbocycles. The zero-order chi connectivity index (χ0) is 17.9. The summed E-state index contributed by atoms with van der Waals surface area (Å²) in [5.41, 5.74) is 0.509. The molecule has 0 aliphatic heterocycles. The van der Waals surface area contributed by atoms with Crippen LogP contribution in [-0.2, 0) is 16.1 Å². The number of nitrogens with zero attached hydrogens (tertiary/aromatic N) is 2. The highest BCUT2D eigenvalue weighted by Gasteiger charge is 2.02. The summed E-state index contributed by atoms with van der Waals surface area (Å²) >= 11 is 0. The van der Waals surface area contributed by atoms with Crippen molar-refractivity contribution in [1.82, 2.24) is 9.71 Å². The van der Waals surface area contributed by atoms with Gasteiger partial charge in [-0.25, -0.2) is 4.79 Å². The summed E-state index contributed by atoms with van der Waals surface area (Å²) in [7, 11) is 1.39. The number of anilines is 1. The molecule has 7 nitrogen and oxygen atoms in total. The van der Waals surface area contributed by atoms with Crippen LogP contribution in [0.2, 0.25) is 0 Å². The van der Waals surface area contributed by atoms with Gasteiger partial charge in [-0.3, -0.25) is 4.79 Å². The van der Waals surface area contributed by atoms with E-state index in [9.17, 15) is 9.59 Å². The lowest BCUT2D eigenvalue weighted by molar-refractivity contribution is -0.140. The van der Waals surface area contributed by atoms with E-state index in [-0.39, 0.29) is 5.97 Å². The van der Waals surface area contributed by atoms with Crippen LogP contribution in [0.5, 0.6) is 0 Å². The van der Waals surface area contributed by atoms with Gasteiger partial charge in [-0.15, -0.1) is 4.73 Å². The van der Waals surface area contributed by atoms with Gasteiger partial charge < -0.3 is 14.9 Å². The Kier molecular flexibility index (Phi) is 7.49. The Morgan fingerprint density at radius 2 is 1.96 bits per heavy atom. The van der Waals surface area contributed by atoms with Crippen LogP contribution < -0.4 is 15.8 Å². The van der Waals surface area contributed by atoms with Crippen LogP contribution in [0.25, 0.3) is 0 Å². The molecule has 0 unspecified atom stereocenters. The van der Waals surface area contributed by atoms with Gasteiger partial charge in [0.15, 0.2) is 0 Å². The largest absolute Gasteiger partial charge is 0.469 e. The van der Waals surface area contributed by atoms with Crippen molar-refractivity contribution in [2.24, 2.45) is 0 Å². The third-order valence-corrected chi connectivity index (χ3v) is 3.58. The summed E-state index contributed by atoms with van der Waals surface area (Å²) in [5, 5.41) is 3.09. The molecule has 0 aliphatic rings. The topological polar surface area (TPSA) is 82.5 Å². The molecule has 134 valence electrons. The molecule has 1 heterocycles. The number of carbonyl (C=O) groups is 1. The molecule has 7 heteroatoms. The van der Waals surface area contributed by atoms with Crippen LogP contribution in [0.1, 0.15) is 31.2 Å². The van der Waals surface area contributed by atoms with Crippen LogP contribution in [0.15, 0.2) is 47.4 Å². The number of esters is 1. The molecule has 0 atom stereocenters. The van der Waals surface area contributed by atoms with E-state index in [0.29, 0.717) is 25.4 Å². The van der Waals surface area contributed by atoms with E-state index in [4.69, 9.17) is 4.84 Å². The average Bonchev–Trinajstić information content (AvgIpc) is 2.64. The zero-order valence-corrected chi connectivity index (χ0v) is 14.3. The molecule has 0 saturated heterocycles. The first-order valence-electron chi connectivity index (χ1n) is 8.26. The Hall–Kier alpha value is -2.83. The molecule has 0 spiro atoms. The van der Waals surface area contributed by atoms with Crippen LogP contribution >= 0.6 is 0 Å². The smallest absolute Gasteiger partial charge is 0.382 e. The van der Waals surface area contributed by atoms with E-state index in [2.05, 4.69) is 15.0 Å². The maximum Gasteiger partial charge on any atom is 0.382 e. The highest BCUT2D eigenvalue weighted by Crippen LogP contribution is 2.03. The highest BCUT2D eigenvalue weighted by atomic mass is 16.7. The minimum absolute atomic E-state index is 0.186. The molecule has 0 amide bonds. The number of ether oxygens (including phenoxy) is 1. The second-order valence-electron chi connectivity index (χ2n) is 5.49. The van der Waals surface area contributed by atoms with Crippen LogP contribution in [0.4, 0.5) is 5.82 Å². The van der Waals surface area contributed by atoms with Crippen molar-refractivity contribution in [2.75, 3.05) is 19.0 Å². The molecule has 1 aromatic carbocycles. The SMILES string of the molecule is COC(=O)CCCCCNc1ccn(OCc2ccccc2)c(=O)n1. The molecule has 0 bridgehead atoms. The van der Waals surface area contributed by atoms with Gasteiger partial charge >= 0.3 is 11.7 Å². The number of benzene rings is 1. The Bertz CT molecular complexity index is 716. The van der Waals surface area contributed by atoms with E-state index in [1.54, 1.807) is 12.3 Å². The lowest BCUT2D eigenvalue weighted by Crippen LogP contribution is -2.29. The zero-order valence-electron chi connectivity index (χ0n) is 14.3. The van der Waals surface area contributed by atoms with Crippen molar-refractivity contribution in [2.45, 2.75) is 32.3 Å². The second-order valence-corrected chi connectivity index (χ2v) is 5.49. The van der Waals surface area contributed by atoms with Gasteiger partial charge in [0.1, 0.15) is 12.4 Å². The average molecular weight is 345 g/mol. The Morgan fingerprint density at radius 3 is 2.68 bits per heavy atom. The predicted molar refractivity (Wildman–Crippen MR) is 94.2 cm³/mol. The van der Waals surface area contributed by atoms with Gasteiger partial charge in [0.25, 0.3) is 0 Å². The van der Waals surface area contributed by atoms with E-state index >= 15 is 0 Å². The third-order valence-electron chi connectivity index (χ3n) is 3.58. The first-order valence-corrected chi connectivity index (χ1v) is 8.26. The number of methoxy groups -OCH3 is 1. The summed E-state index contributed by atoms with van der Waals surface area (Å²) in [6.07, 6.45) is 4.56. The van der Waals surface area contributed by atoms with Gasteiger partial charge in [0.05, 0.1) is 13.3 Å². The number of hydrogen-bond donors (Lipinski definition) is 1. The molecule has 25 heavy (non-hydrogen) atoms. The molecule has 2 aromatic rings. The number of rotatable bonds is 10. The highest BCUT2D eigenvalue weighted by molar-refractivity contribution is 5.68. The second kappa shape index (κ2) is 10.1. The van der Waals surface area contributed by atoms with Gasteiger partial charge in [-0.05, 0) is 18.4 Å². The third kappa shape index (κ3) is 6.66. The normalized spacial score (nSPS) is 10.3. The first-order chi connectivity index (χ1) is 12.2. The molecule has 0 aliphatic carbocycles. The van der Waals surface area contributed by atoms with Crippen molar-refractivity contribution >= 4 is 11.8 Å². The van der Waals surface area contributed by atoms with Gasteiger partial charge in [-0.1, -0.05) is 36.8 Å². The Morgan fingerprint density at radius 1 is 1.16 bits per heavy atom. The fourth-order valence-electron chi connectivity index (χ4n) is 2.20. The number of nitrogens with one attached hydrogen (secondary N) is 1. The fraction of sp³-hybridized carbons (Fsp3) is 0.389. The molecule has 0 fully saturated rings. The van der Waals surface area contributed by atoms with E-state index in [0.717, 1.165) is 29.6 Å². The number of unbranched alkanes of at least 4 members (excludes halogenated alkanes) is 2. The van der Waals surface area contributed by atoms with Crippen molar-refractivity contribution < 1.29 is 14.4 Å². The van der Waals surface area contributed by atoms with Crippen molar-refractivity contribution in [3.8, 4) is 0 Å². The molecule has 0 radical (unpaired) electrons. The monoisotopic (exact) mass is 345 g/mol. The molecular weight excluding hydrogens is 322 g/mol. The minimum Gasteiger partial charge on any atom is -0.469 e. The van der Waals surface area contributed by atoms with E-state index < -0.39 is 5.69 Å². The van der Waals surface area contributed by atoms with Gasteiger partial charge in [0.2, 0.25) is 0 Å². The van der Waals surface area contributed by atoms with E-state index in [1.165, 1.54) is 7.11 Å². The summed E-state index contributed by atoms with van der Waals surface area (Å²) in [6.45, 7) is 0.984. The van der Waals surface area contributed by atoms with Crippen molar-refractivity contribution in [1.29, 1.82) is 0 Å². The molecule has 1 aromatic heterocycles. The number of carbonyl (C=O) groups excluding carboxylic acids is 1.